The molecule has 0 saturated heterocycles. The first-order valence-corrected chi connectivity index (χ1v) is 13.3. The zero-order chi connectivity index (χ0) is 27.2. The summed E-state index contributed by atoms with van der Waals surface area (Å²) >= 11 is 0. The number of aryl methyl sites for hydroxylation is 3. The van der Waals surface area contributed by atoms with E-state index >= 15 is 0 Å². The minimum absolute atomic E-state index is 0.0775. The maximum absolute atomic E-state index is 13.2. The summed E-state index contributed by atoms with van der Waals surface area (Å²) in [5.74, 6) is 1.61. The second-order valence-corrected chi connectivity index (χ2v) is 9.89. The standard InChI is InChI=1S/C31H34N6O2/c1-4-29(30-33-34-35-37(30)17-16-23-8-6-5-7-9-23)36(20-24-11-14-27(39-3)15-12-24)21-26-19-25-13-10-22(2)18-28(25)32-31(26)38/h5-15,18-19,29H,4,16-17,20-21H2,1-3H3,(H,32,38)/t29-/m1/s1. The Bertz CT molecular complexity index is 1580. The summed E-state index contributed by atoms with van der Waals surface area (Å²) in [4.78, 5) is 18.6. The number of ether oxygens (including phenoxy) is 1. The summed E-state index contributed by atoms with van der Waals surface area (Å²) < 4.78 is 7.25. The lowest BCUT2D eigenvalue weighted by Crippen LogP contribution is -2.32. The molecule has 2 heterocycles. The second-order valence-electron chi connectivity index (χ2n) is 9.89. The predicted molar refractivity (Wildman–Crippen MR) is 153 cm³/mol. The minimum Gasteiger partial charge on any atom is -0.497 e. The normalized spacial score (nSPS) is 12.2. The summed E-state index contributed by atoms with van der Waals surface area (Å²) in [7, 11) is 1.66. The fourth-order valence-corrected chi connectivity index (χ4v) is 5.03. The quantitative estimate of drug-likeness (QED) is 0.256. The molecule has 5 aromatic rings. The van der Waals surface area contributed by atoms with Gasteiger partial charge in [0.05, 0.1) is 13.2 Å². The molecule has 0 saturated carbocycles. The number of fused-ring (bicyclic) bond motifs is 1. The van der Waals surface area contributed by atoms with E-state index in [9.17, 15) is 4.79 Å². The van der Waals surface area contributed by atoms with Gasteiger partial charge in [-0.2, -0.15) is 0 Å². The summed E-state index contributed by atoms with van der Waals surface area (Å²) in [5, 5.41) is 13.9. The molecule has 0 spiro atoms. The van der Waals surface area contributed by atoms with Crippen molar-refractivity contribution in [2.24, 2.45) is 0 Å². The van der Waals surface area contributed by atoms with Crippen molar-refractivity contribution in [1.82, 2.24) is 30.1 Å². The molecule has 5 rings (SSSR count). The van der Waals surface area contributed by atoms with Gasteiger partial charge in [-0.05, 0) is 76.5 Å². The Hall–Kier alpha value is -4.30. The molecule has 0 amide bonds. The van der Waals surface area contributed by atoms with E-state index < -0.39 is 0 Å². The third kappa shape index (κ3) is 6.23. The molecule has 0 bridgehead atoms. The molecule has 200 valence electrons. The zero-order valence-electron chi connectivity index (χ0n) is 22.7. The Morgan fingerprint density at radius 2 is 1.77 bits per heavy atom. The molecular formula is C31H34N6O2. The van der Waals surface area contributed by atoms with E-state index in [0.29, 0.717) is 25.2 Å². The Morgan fingerprint density at radius 1 is 0.974 bits per heavy atom. The Balaban J connectivity index is 1.47. The van der Waals surface area contributed by atoms with Gasteiger partial charge in [0.1, 0.15) is 5.75 Å². The third-order valence-corrected chi connectivity index (χ3v) is 7.14. The van der Waals surface area contributed by atoms with Crippen molar-refractivity contribution in [2.45, 2.75) is 52.4 Å². The number of methoxy groups -OCH3 is 1. The van der Waals surface area contributed by atoms with Gasteiger partial charge in [0.15, 0.2) is 5.82 Å². The van der Waals surface area contributed by atoms with E-state index in [4.69, 9.17) is 4.74 Å². The molecular weight excluding hydrogens is 488 g/mol. The van der Waals surface area contributed by atoms with Crippen molar-refractivity contribution in [2.75, 3.05) is 7.11 Å². The van der Waals surface area contributed by atoms with Crippen molar-refractivity contribution in [3.8, 4) is 5.75 Å². The van der Waals surface area contributed by atoms with Crippen LogP contribution in [0.3, 0.4) is 0 Å². The maximum Gasteiger partial charge on any atom is 0.252 e. The number of aromatic amines is 1. The van der Waals surface area contributed by atoms with Gasteiger partial charge in [0.25, 0.3) is 5.56 Å². The van der Waals surface area contributed by atoms with Crippen molar-refractivity contribution in [1.29, 1.82) is 0 Å². The zero-order valence-corrected chi connectivity index (χ0v) is 22.7. The number of benzene rings is 3. The fraction of sp³-hybridized carbons (Fsp3) is 0.290. The van der Waals surface area contributed by atoms with Crippen molar-refractivity contribution in [3.05, 3.63) is 117 Å². The van der Waals surface area contributed by atoms with Crippen LogP contribution in [0.2, 0.25) is 0 Å². The molecule has 2 aromatic heterocycles. The van der Waals surface area contributed by atoms with E-state index in [0.717, 1.165) is 46.4 Å². The number of pyridine rings is 1. The fourth-order valence-electron chi connectivity index (χ4n) is 5.03. The van der Waals surface area contributed by atoms with Gasteiger partial charge in [0, 0.05) is 30.7 Å². The summed E-state index contributed by atoms with van der Waals surface area (Å²) in [6.07, 6.45) is 1.62. The molecule has 3 aromatic carbocycles. The van der Waals surface area contributed by atoms with Crippen LogP contribution in [0.15, 0.2) is 83.7 Å². The van der Waals surface area contributed by atoms with Gasteiger partial charge in [-0.15, -0.1) is 5.10 Å². The SMILES string of the molecule is CC[C@H](c1nnnn1CCc1ccccc1)N(Cc1ccc(OC)cc1)Cc1cc2ccc(C)cc2[nH]c1=O. The van der Waals surface area contributed by atoms with Crippen LogP contribution in [0.1, 0.15) is 47.5 Å². The average Bonchev–Trinajstić information content (AvgIpc) is 3.42. The van der Waals surface area contributed by atoms with Crippen molar-refractivity contribution >= 4 is 10.9 Å². The van der Waals surface area contributed by atoms with Crippen LogP contribution in [0, 0.1) is 6.92 Å². The molecule has 0 aliphatic carbocycles. The number of hydrogen-bond acceptors (Lipinski definition) is 6. The number of H-pyrrole nitrogens is 1. The van der Waals surface area contributed by atoms with E-state index in [1.807, 2.05) is 54.1 Å². The van der Waals surface area contributed by atoms with Crippen molar-refractivity contribution < 1.29 is 4.74 Å². The Kier molecular flexibility index (Phi) is 8.13. The molecule has 1 atom stereocenters. The predicted octanol–water partition coefficient (Wildman–Crippen LogP) is 5.23. The highest BCUT2D eigenvalue weighted by molar-refractivity contribution is 5.79. The monoisotopic (exact) mass is 522 g/mol. The van der Waals surface area contributed by atoms with Crippen LogP contribution in [0.25, 0.3) is 10.9 Å². The van der Waals surface area contributed by atoms with E-state index in [-0.39, 0.29) is 11.6 Å². The lowest BCUT2D eigenvalue weighted by molar-refractivity contribution is 0.160. The lowest BCUT2D eigenvalue weighted by Gasteiger charge is -2.30. The minimum atomic E-state index is -0.0917. The molecule has 8 heteroatoms. The van der Waals surface area contributed by atoms with Crippen LogP contribution in [-0.2, 0) is 26.1 Å². The molecule has 39 heavy (non-hydrogen) atoms. The van der Waals surface area contributed by atoms with Gasteiger partial charge in [-0.3, -0.25) is 9.69 Å². The van der Waals surface area contributed by atoms with Gasteiger partial charge in [-0.25, -0.2) is 4.68 Å². The topological polar surface area (TPSA) is 88.9 Å². The molecule has 0 radical (unpaired) electrons. The van der Waals surface area contributed by atoms with E-state index in [1.54, 1.807) is 7.11 Å². The summed E-state index contributed by atoms with van der Waals surface area (Å²) in [6.45, 7) is 5.91. The first-order valence-electron chi connectivity index (χ1n) is 13.3. The highest BCUT2D eigenvalue weighted by Crippen LogP contribution is 2.27. The first kappa shape index (κ1) is 26.3. The Morgan fingerprint density at radius 3 is 2.51 bits per heavy atom. The third-order valence-electron chi connectivity index (χ3n) is 7.14. The van der Waals surface area contributed by atoms with Gasteiger partial charge >= 0.3 is 0 Å². The maximum atomic E-state index is 13.2. The van der Waals surface area contributed by atoms with Crippen molar-refractivity contribution in [3.63, 3.8) is 0 Å². The van der Waals surface area contributed by atoms with Gasteiger partial charge in [0.2, 0.25) is 0 Å². The average molecular weight is 523 g/mol. The molecule has 0 fully saturated rings. The van der Waals surface area contributed by atoms with Gasteiger partial charge in [-0.1, -0.05) is 61.5 Å². The molecule has 1 N–H and O–H groups in total. The van der Waals surface area contributed by atoms with Crippen LogP contribution in [0.5, 0.6) is 5.75 Å². The number of nitrogens with zero attached hydrogens (tertiary/aromatic N) is 5. The van der Waals surface area contributed by atoms with Crippen LogP contribution < -0.4 is 10.3 Å². The van der Waals surface area contributed by atoms with E-state index in [1.165, 1.54) is 5.56 Å². The Labute approximate surface area is 228 Å². The first-order chi connectivity index (χ1) is 19.0. The summed E-state index contributed by atoms with van der Waals surface area (Å²) in [6, 6.07) is 26.4. The molecule has 8 nitrogen and oxygen atoms in total. The van der Waals surface area contributed by atoms with Gasteiger partial charge < -0.3 is 9.72 Å². The largest absolute Gasteiger partial charge is 0.497 e. The number of aromatic nitrogens is 5. The lowest BCUT2D eigenvalue weighted by atomic mass is 10.1. The van der Waals surface area contributed by atoms with Crippen LogP contribution >= 0.6 is 0 Å². The number of hydrogen-bond donors (Lipinski definition) is 1. The molecule has 0 aliphatic heterocycles. The highest BCUT2D eigenvalue weighted by atomic mass is 16.5. The molecule has 0 aliphatic rings. The number of tetrazole rings is 1. The number of rotatable bonds is 11. The second kappa shape index (κ2) is 12.0. The van der Waals surface area contributed by atoms with Crippen LogP contribution in [-0.4, -0.2) is 37.2 Å². The van der Waals surface area contributed by atoms with Crippen LogP contribution in [0.4, 0.5) is 0 Å². The highest BCUT2D eigenvalue weighted by Gasteiger charge is 2.26. The number of nitrogens with one attached hydrogen (secondary N) is 1. The summed E-state index contributed by atoms with van der Waals surface area (Å²) in [5.41, 5.74) is 4.95. The smallest absolute Gasteiger partial charge is 0.252 e. The van der Waals surface area contributed by atoms with E-state index in [2.05, 4.69) is 68.7 Å². The molecule has 0 unspecified atom stereocenters.